The van der Waals surface area contributed by atoms with Crippen molar-refractivity contribution in [2.24, 2.45) is 17.8 Å². The first kappa shape index (κ1) is 24.0. The Morgan fingerprint density at radius 1 is 0.949 bits per heavy atom. The Kier molecular flexibility index (Phi) is 5.28. The van der Waals surface area contributed by atoms with E-state index in [4.69, 9.17) is 14.2 Å². The van der Waals surface area contributed by atoms with Crippen LogP contribution in [0.2, 0.25) is 0 Å². The summed E-state index contributed by atoms with van der Waals surface area (Å²) in [6.45, 7) is 0. The quantitative estimate of drug-likeness (QED) is 0.533. The van der Waals surface area contributed by atoms with Crippen molar-refractivity contribution in [2.75, 3.05) is 5.32 Å². The third-order valence-corrected chi connectivity index (χ3v) is 10.0. The molecule has 4 atom stereocenters. The molecule has 4 heterocycles. The summed E-state index contributed by atoms with van der Waals surface area (Å²) in [5.74, 6) is 0.605. The third-order valence-electron chi connectivity index (χ3n) is 10.0. The van der Waals surface area contributed by atoms with E-state index >= 15 is 0 Å². The van der Waals surface area contributed by atoms with Crippen molar-refractivity contribution < 1.29 is 28.9 Å². The highest BCUT2D eigenvalue weighted by molar-refractivity contribution is 5.96. The van der Waals surface area contributed by atoms with E-state index in [9.17, 15) is 14.7 Å². The maximum Gasteiger partial charge on any atom is 0.335 e. The summed E-state index contributed by atoms with van der Waals surface area (Å²) in [5.41, 5.74) is 0.707. The fourth-order valence-electron chi connectivity index (χ4n) is 8.94. The second-order valence-electron chi connectivity index (χ2n) is 12.7. The van der Waals surface area contributed by atoms with Crippen molar-refractivity contribution in [3.8, 4) is 0 Å². The minimum atomic E-state index is -1.16. The molecule has 9 rings (SSSR count). The minimum Gasteiger partial charge on any atom is -0.479 e. The van der Waals surface area contributed by atoms with Gasteiger partial charge in [0.1, 0.15) is 18.5 Å². The van der Waals surface area contributed by atoms with Gasteiger partial charge in [-0.1, -0.05) is 6.42 Å². The van der Waals surface area contributed by atoms with Crippen LogP contribution in [0, 0.1) is 17.8 Å². The van der Waals surface area contributed by atoms with Gasteiger partial charge >= 0.3 is 12.0 Å². The number of aromatic nitrogens is 4. The number of imidazole rings is 1. The molecule has 12 nitrogen and oxygen atoms in total. The normalized spacial score (nSPS) is 39.7. The molecule has 208 valence electrons. The van der Waals surface area contributed by atoms with E-state index in [-0.39, 0.29) is 11.6 Å². The van der Waals surface area contributed by atoms with Crippen molar-refractivity contribution in [2.45, 2.75) is 106 Å². The van der Waals surface area contributed by atoms with Crippen LogP contribution in [0.4, 0.5) is 10.6 Å². The Morgan fingerprint density at radius 2 is 1.64 bits per heavy atom. The number of nitrogens with one attached hydrogen (secondary N) is 2. The van der Waals surface area contributed by atoms with Crippen molar-refractivity contribution in [3.63, 3.8) is 0 Å². The average Bonchev–Trinajstić information content (AvgIpc) is 3.55. The number of nitrogens with zero attached hydrogens (tertiary/aromatic N) is 4. The molecule has 7 aliphatic rings. The summed E-state index contributed by atoms with van der Waals surface area (Å²) in [5, 5.41) is 16.1. The molecule has 4 bridgehead atoms. The second kappa shape index (κ2) is 8.58. The number of carbonyl (C=O) groups is 2. The van der Waals surface area contributed by atoms with E-state index in [1.54, 1.807) is 10.9 Å². The fourth-order valence-corrected chi connectivity index (χ4v) is 8.94. The van der Waals surface area contributed by atoms with Crippen molar-refractivity contribution >= 4 is 29.0 Å². The Balaban J connectivity index is 1.04. The first-order valence-corrected chi connectivity index (χ1v) is 14.4. The summed E-state index contributed by atoms with van der Waals surface area (Å²) in [6.07, 6.45) is 11.2. The summed E-state index contributed by atoms with van der Waals surface area (Å²) < 4.78 is 20.3. The second-order valence-corrected chi connectivity index (χ2v) is 12.7. The van der Waals surface area contributed by atoms with Gasteiger partial charge in [0.15, 0.2) is 35.1 Å². The lowest BCUT2D eigenvalue weighted by Gasteiger charge is -2.56. The molecule has 1 spiro atoms. The van der Waals surface area contributed by atoms with Gasteiger partial charge in [0.2, 0.25) is 0 Å². The first-order valence-electron chi connectivity index (χ1n) is 14.4. The number of hydrogen-bond donors (Lipinski definition) is 3. The molecule has 2 amide bonds. The lowest BCUT2D eigenvalue weighted by molar-refractivity contribution is -0.231. The summed E-state index contributed by atoms with van der Waals surface area (Å²) in [7, 11) is 0. The molecule has 0 aromatic carbocycles. The number of aliphatic carboxylic acids is 1. The van der Waals surface area contributed by atoms with Gasteiger partial charge < -0.3 is 24.6 Å². The Labute approximate surface area is 225 Å². The summed E-state index contributed by atoms with van der Waals surface area (Å²) >= 11 is 0. The molecule has 2 aromatic heterocycles. The Morgan fingerprint density at radius 3 is 2.33 bits per heavy atom. The van der Waals surface area contributed by atoms with Crippen LogP contribution in [0.3, 0.4) is 0 Å². The highest BCUT2D eigenvalue weighted by atomic mass is 16.8. The number of anilines is 1. The van der Waals surface area contributed by atoms with Gasteiger partial charge in [-0.2, -0.15) is 0 Å². The number of ether oxygens (including phenoxy) is 3. The molecular formula is C27H34N6O6. The number of fused-ring (bicyclic) bond motifs is 2. The van der Waals surface area contributed by atoms with Crippen LogP contribution in [0.25, 0.3) is 11.2 Å². The van der Waals surface area contributed by atoms with E-state index in [2.05, 4.69) is 25.6 Å². The zero-order valence-electron chi connectivity index (χ0n) is 21.8. The van der Waals surface area contributed by atoms with Crippen molar-refractivity contribution in [1.82, 2.24) is 24.8 Å². The highest BCUT2D eigenvalue weighted by Crippen LogP contribution is 2.55. The maximum absolute atomic E-state index is 13.2. The smallest absolute Gasteiger partial charge is 0.335 e. The molecule has 0 unspecified atom stereocenters. The molecular weight excluding hydrogens is 504 g/mol. The van der Waals surface area contributed by atoms with Crippen LogP contribution < -0.4 is 10.6 Å². The molecule has 7 fully saturated rings. The SMILES string of the molecule is O=C(Nc1ncnc2c1ncn2[C@@H]1O[C@H](C(=O)O)[C@H]2OC3(CCCCC3)O[C@H]21)NC12CC3CC(CC(C3)C1)C2. The number of carbonyl (C=O) groups excluding carboxylic acids is 1. The van der Waals surface area contributed by atoms with Gasteiger partial charge in [0, 0.05) is 18.4 Å². The van der Waals surface area contributed by atoms with Gasteiger partial charge in [-0.3, -0.25) is 9.88 Å². The van der Waals surface area contributed by atoms with Gasteiger partial charge in [0.25, 0.3) is 0 Å². The number of hydrogen-bond acceptors (Lipinski definition) is 8. The van der Waals surface area contributed by atoms with E-state index in [1.165, 1.54) is 25.6 Å². The van der Waals surface area contributed by atoms with Crippen LogP contribution in [-0.2, 0) is 19.0 Å². The molecule has 3 N–H and O–H groups in total. The lowest BCUT2D eigenvalue weighted by Crippen LogP contribution is -2.60. The largest absolute Gasteiger partial charge is 0.479 e. The molecule has 5 aliphatic carbocycles. The van der Waals surface area contributed by atoms with Crippen LogP contribution >= 0.6 is 0 Å². The van der Waals surface area contributed by atoms with Crippen LogP contribution in [0.1, 0.15) is 76.9 Å². The average molecular weight is 539 g/mol. The van der Waals surface area contributed by atoms with Gasteiger partial charge in [-0.25, -0.2) is 24.5 Å². The van der Waals surface area contributed by atoms with Crippen molar-refractivity contribution in [3.05, 3.63) is 12.7 Å². The number of amides is 2. The zero-order chi connectivity index (χ0) is 26.4. The topological polar surface area (TPSA) is 150 Å². The summed E-state index contributed by atoms with van der Waals surface area (Å²) in [6, 6.07) is -0.276. The number of rotatable bonds is 4. The van der Waals surface area contributed by atoms with E-state index in [0.29, 0.717) is 17.0 Å². The van der Waals surface area contributed by atoms with Gasteiger partial charge in [-0.15, -0.1) is 0 Å². The van der Waals surface area contributed by atoms with Gasteiger partial charge in [0.05, 0.1) is 6.33 Å². The number of carboxylic acids is 1. The maximum atomic E-state index is 13.2. The number of carboxylic acid groups (broad SMARTS) is 1. The number of urea groups is 1. The Hall–Kier alpha value is -2.83. The molecule has 2 aromatic rings. The molecule has 5 saturated carbocycles. The van der Waals surface area contributed by atoms with Crippen molar-refractivity contribution in [1.29, 1.82) is 0 Å². The van der Waals surface area contributed by atoms with Crippen LogP contribution in [0.15, 0.2) is 12.7 Å². The van der Waals surface area contributed by atoms with E-state index in [0.717, 1.165) is 69.1 Å². The Bertz CT molecular complexity index is 1290. The predicted molar refractivity (Wildman–Crippen MR) is 135 cm³/mol. The lowest BCUT2D eigenvalue weighted by atomic mass is 9.53. The minimum absolute atomic E-state index is 0.127. The molecule has 0 radical (unpaired) electrons. The molecule has 12 heteroatoms. The third kappa shape index (κ3) is 3.86. The zero-order valence-corrected chi connectivity index (χ0v) is 21.8. The molecule has 39 heavy (non-hydrogen) atoms. The fraction of sp³-hybridized carbons (Fsp3) is 0.741. The summed E-state index contributed by atoms with van der Waals surface area (Å²) in [4.78, 5) is 38.5. The molecule has 2 aliphatic heterocycles. The monoisotopic (exact) mass is 538 g/mol. The van der Waals surface area contributed by atoms with E-state index < -0.39 is 36.3 Å². The molecule has 2 saturated heterocycles. The van der Waals surface area contributed by atoms with E-state index in [1.807, 2.05) is 0 Å². The standard InChI is InChI=1S/C27H34N6O6/c34-24(35)20-18-19(39-27(38-18)4-2-1-3-5-27)23(37-20)33-13-30-17-21(28-12-29-22(17)33)31-25(36)32-26-9-14-6-15(10-26)8-16(7-14)11-26/h12-16,18-20,23H,1-11H2,(H,34,35)(H2,28,29,31,32,36)/t14?,15?,16?,18-,19+,20-,23+,26?/m0/s1. The predicted octanol–water partition coefficient (Wildman–Crippen LogP) is 3.34. The first-order chi connectivity index (χ1) is 18.9. The van der Waals surface area contributed by atoms with Gasteiger partial charge in [-0.05, 0) is 69.1 Å². The van der Waals surface area contributed by atoms with Crippen LogP contribution in [0.5, 0.6) is 0 Å². The van der Waals surface area contributed by atoms with Crippen LogP contribution in [-0.4, -0.2) is 66.3 Å². The highest BCUT2D eigenvalue weighted by Gasteiger charge is 2.61.